The van der Waals surface area contributed by atoms with Gasteiger partial charge in [0, 0.05) is 13.0 Å². The maximum absolute atomic E-state index is 12.7. The highest BCUT2D eigenvalue weighted by Crippen LogP contribution is 2.43. The number of aliphatic hydroxyl groups excluding tert-OH is 1. The van der Waals surface area contributed by atoms with E-state index in [1.807, 2.05) is 6.08 Å². The number of nitrogens with two attached hydrogens (primary N) is 1. The molecule has 0 radical (unpaired) electrons. The van der Waals surface area contributed by atoms with E-state index < -0.39 is 20.0 Å². The van der Waals surface area contributed by atoms with Crippen LogP contribution in [0.3, 0.4) is 0 Å². The molecule has 0 aliphatic heterocycles. The molecule has 0 saturated carbocycles. The minimum atomic E-state index is -4.33. The summed E-state index contributed by atoms with van der Waals surface area (Å²) < 4.78 is 22.0. The average Bonchev–Trinajstić information content (AvgIpc) is 3.09. The molecule has 8 nitrogen and oxygen atoms in total. The van der Waals surface area contributed by atoms with Crippen LogP contribution in [0.4, 0.5) is 0 Å². The molecule has 0 aromatic heterocycles. The highest BCUT2D eigenvalue weighted by atomic mass is 31.2. The van der Waals surface area contributed by atoms with E-state index in [0.29, 0.717) is 6.42 Å². The van der Waals surface area contributed by atoms with Gasteiger partial charge in [0.1, 0.15) is 0 Å². The highest BCUT2D eigenvalue weighted by molar-refractivity contribution is 7.47. The number of unbranched alkanes of at least 4 members (excludes halogenated alkanes) is 21. The number of phosphoric ester groups is 1. The standard InChI is InChI=1S/C40H77N2O6P/c1-3-5-7-9-11-13-15-16-17-18-19-20-21-22-24-26-28-30-32-34-40(44)42-38(37-48-49(45,46)47-36-35-41)39(43)33-31-29-27-25-23-14-12-10-8-6-4-2/h11,13,16-17,31,33,38-39,43H,3-10,12,14-15,18-30,32,34-37,41H2,1-2H3,(H,42,44)(H,45,46)/b13-11-,17-16-,33-31+. The molecule has 49 heavy (non-hydrogen) atoms. The summed E-state index contributed by atoms with van der Waals surface area (Å²) in [6, 6.07) is -0.860. The van der Waals surface area contributed by atoms with Crippen molar-refractivity contribution >= 4 is 13.7 Å². The van der Waals surface area contributed by atoms with Crippen molar-refractivity contribution in [2.24, 2.45) is 5.73 Å². The molecule has 0 bridgehead atoms. The molecule has 9 heteroatoms. The van der Waals surface area contributed by atoms with Crippen molar-refractivity contribution in [1.82, 2.24) is 5.32 Å². The third-order valence-corrected chi connectivity index (χ3v) is 9.69. The van der Waals surface area contributed by atoms with Crippen LogP contribution in [0.25, 0.3) is 0 Å². The Morgan fingerprint density at radius 3 is 1.65 bits per heavy atom. The number of carbonyl (C=O) groups excluding carboxylic acids is 1. The largest absolute Gasteiger partial charge is 0.472 e. The zero-order chi connectivity index (χ0) is 36.1. The molecule has 0 rings (SSSR count). The van der Waals surface area contributed by atoms with Crippen LogP contribution in [0.15, 0.2) is 36.5 Å². The van der Waals surface area contributed by atoms with Crippen LogP contribution < -0.4 is 11.1 Å². The van der Waals surface area contributed by atoms with E-state index in [9.17, 15) is 19.4 Å². The van der Waals surface area contributed by atoms with Crippen LogP contribution in [-0.2, 0) is 18.4 Å². The first-order valence-electron chi connectivity index (χ1n) is 20.1. The first-order valence-corrected chi connectivity index (χ1v) is 21.6. The Bertz CT molecular complexity index is 866. The smallest absolute Gasteiger partial charge is 0.387 e. The summed E-state index contributed by atoms with van der Waals surface area (Å²) in [5.74, 6) is -0.201. The highest BCUT2D eigenvalue weighted by Gasteiger charge is 2.26. The Hall–Kier alpha value is -1.28. The van der Waals surface area contributed by atoms with Crippen molar-refractivity contribution in [2.75, 3.05) is 19.8 Å². The maximum atomic E-state index is 12.7. The monoisotopic (exact) mass is 713 g/mol. The number of amides is 1. The van der Waals surface area contributed by atoms with E-state index in [-0.39, 0.29) is 25.7 Å². The number of allylic oxidation sites excluding steroid dienone is 5. The van der Waals surface area contributed by atoms with Gasteiger partial charge in [-0.2, -0.15) is 0 Å². The van der Waals surface area contributed by atoms with Gasteiger partial charge in [-0.1, -0.05) is 159 Å². The van der Waals surface area contributed by atoms with Gasteiger partial charge < -0.3 is 21.1 Å². The summed E-state index contributed by atoms with van der Waals surface area (Å²) in [6.07, 6.45) is 41.8. The van der Waals surface area contributed by atoms with E-state index in [1.54, 1.807) is 6.08 Å². The fraction of sp³-hybridized carbons (Fsp3) is 0.825. The van der Waals surface area contributed by atoms with Crippen LogP contribution >= 0.6 is 7.82 Å². The van der Waals surface area contributed by atoms with E-state index in [1.165, 1.54) is 116 Å². The lowest BCUT2D eigenvalue weighted by atomic mass is 10.0. The Morgan fingerprint density at radius 2 is 1.12 bits per heavy atom. The predicted octanol–water partition coefficient (Wildman–Crippen LogP) is 10.8. The van der Waals surface area contributed by atoms with Crippen LogP contribution in [0.2, 0.25) is 0 Å². The normalized spacial score (nSPS) is 14.6. The lowest BCUT2D eigenvalue weighted by Gasteiger charge is -2.23. The SMILES string of the molecule is CCCCC/C=C\C/C=C\CCCCCCCCCCCC(=O)NC(COP(=O)(O)OCCN)C(O)/C=C/CCCCCCCCCCC. The molecule has 5 N–H and O–H groups in total. The average molecular weight is 713 g/mol. The van der Waals surface area contributed by atoms with Crippen molar-refractivity contribution in [3.05, 3.63) is 36.5 Å². The third kappa shape index (κ3) is 34.9. The van der Waals surface area contributed by atoms with E-state index >= 15 is 0 Å². The quantitative estimate of drug-likeness (QED) is 0.0286. The summed E-state index contributed by atoms with van der Waals surface area (Å²) in [4.78, 5) is 22.6. The molecule has 3 unspecified atom stereocenters. The molecule has 1 amide bonds. The molecule has 288 valence electrons. The number of hydrogen-bond acceptors (Lipinski definition) is 6. The lowest BCUT2D eigenvalue weighted by Crippen LogP contribution is -2.45. The Kier molecular flexibility index (Phi) is 35.6. The molecule has 0 saturated heterocycles. The number of phosphoric acid groups is 1. The van der Waals surface area contributed by atoms with E-state index in [0.717, 1.165) is 44.9 Å². The van der Waals surface area contributed by atoms with Gasteiger partial charge in [-0.25, -0.2) is 4.57 Å². The lowest BCUT2D eigenvalue weighted by molar-refractivity contribution is -0.123. The van der Waals surface area contributed by atoms with Crippen molar-refractivity contribution in [2.45, 2.75) is 193 Å². The van der Waals surface area contributed by atoms with Gasteiger partial charge in [-0.05, 0) is 51.4 Å². The van der Waals surface area contributed by atoms with Crippen LogP contribution in [0.1, 0.15) is 181 Å². The molecule has 0 heterocycles. The minimum absolute atomic E-state index is 0.0773. The summed E-state index contributed by atoms with van der Waals surface area (Å²) in [5, 5.41) is 13.6. The first-order chi connectivity index (χ1) is 23.9. The maximum Gasteiger partial charge on any atom is 0.472 e. The van der Waals surface area contributed by atoms with Crippen molar-refractivity contribution in [3.63, 3.8) is 0 Å². The topological polar surface area (TPSA) is 131 Å². The molecule has 0 aromatic carbocycles. The van der Waals surface area contributed by atoms with Gasteiger partial charge in [0.05, 0.1) is 25.4 Å². The number of nitrogens with one attached hydrogen (secondary N) is 1. The van der Waals surface area contributed by atoms with Gasteiger partial charge in [-0.15, -0.1) is 0 Å². The van der Waals surface area contributed by atoms with Crippen LogP contribution in [-0.4, -0.2) is 47.8 Å². The number of aliphatic hydroxyl groups is 1. The van der Waals surface area contributed by atoms with Crippen molar-refractivity contribution in [1.29, 1.82) is 0 Å². The van der Waals surface area contributed by atoms with Gasteiger partial charge in [0.25, 0.3) is 0 Å². The summed E-state index contributed by atoms with van der Waals surface area (Å²) in [7, 11) is -4.33. The van der Waals surface area contributed by atoms with Gasteiger partial charge in [0.2, 0.25) is 5.91 Å². The Morgan fingerprint density at radius 1 is 0.673 bits per heavy atom. The number of hydrogen-bond donors (Lipinski definition) is 4. The number of rotatable bonds is 37. The second-order valence-electron chi connectivity index (χ2n) is 13.5. The number of carbonyl (C=O) groups is 1. The van der Waals surface area contributed by atoms with E-state index in [2.05, 4.69) is 43.5 Å². The van der Waals surface area contributed by atoms with Crippen LogP contribution in [0, 0.1) is 0 Å². The molecular formula is C40H77N2O6P. The van der Waals surface area contributed by atoms with Gasteiger partial charge in [0.15, 0.2) is 0 Å². The summed E-state index contributed by atoms with van der Waals surface area (Å²) in [5.41, 5.74) is 5.36. The second kappa shape index (κ2) is 36.5. The third-order valence-electron chi connectivity index (χ3n) is 8.71. The van der Waals surface area contributed by atoms with Crippen molar-refractivity contribution < 1.29 is 28.4 Å². The molecule has 0 fully saturated rings. The molecular weight excluding hydrogens is 635 g/mol. The van der Waals surface area contributed by atoms with Gasteiger partial charge in [-0.3, -0.25) is 13.8 Å². The Labute approximate surface area is 301 Å². The molecule has 3 atom stereocenters. The fourth-order valence-electron chi connectivity index (χ4n) is 5.63. The van der Waals surface area contributed by atoms with Gasteiger partial charge >= 0.3 is 7.82 Å². The molecule has 0 aliphatic carbocycles. The first kappa shape index (κ1) is 47.7. The Balaban J connectivity index is 4.21. The fourth-order valence-corrected chi connectivity index (χ4v) is 6.39. The molecule has 0 aromatic rings. The second-order valence-corrected chi connectivity index (χ2v) is 14.9. The minimum Gasteiger partial charge on any atom is -0.387 e. The van der Waals surface area contributed by atoms with Crippen LogP contribution in [0.5, 0.6) is 0 Å². The zero-order valence-electron chi connectivity index (χ0n) is 31.7. The zero-order valence-corrected chi connectivity index (χ0v) is 32.6. The molecule has 0 aliphatic rings. The van der Waals surface area contributed by atoms with Crippen molar-refractivity contribution in [3.8, 4) is 0 Å². The summed E-state index contributed by atoms with van der Waals surface area (Å²) in [6.45, 7) is 4.08. The summed E-state index contributed by atoms with van der Waals surface area (Å²) >= 11 is 0. The van der Waals surface area contributed by atoms with E-state index in [4.69, 9.17) is 14.8 Å². The molecule has 0 spiro atoms. The predicted molar refractivity (Wildman–Crippen MR) is 208 cm³/mol.